The van der Waals surface area contributed by atoms with Crippen molar-refractivity contribution in [1.29, 1.82) is 0 Å². The molecule has 2 heterocycles. The summed E-state index contributed by atoms with van der Waals surface area (Å²) in [5.41, 5.74) is 2.03. The lowest BCUT2D eigenvalue weighted by molar-refractivity contribution is 0.0651. The van der Waals surface area contributed by atoms with Crippen LogP contribution in [0.25, 0.3) is 0 Å². The zero-order valence-corrected chi connectivity index (χ0v) is 14.6. The van der Waals surface area contributed by atoms with Crippen molar-refractivity contribution < 1.29 is 9.21 Å². The highest BCUT2D eigenvalue weighted by molar-refractivity contribution is 6.36. The summed E-state index contributed by atoms with van der Waals surface area (Å²) in [5.74, 6) is 0.578. The van der Waals surface area contributed by atoms with Gasteiger partial charge in [-0.3, -0.25) is 4.79 Å². The summed E-state index contributed by atoms with van der Waals surface area (Å²) >= 11 is 12.8. The number of halogens is 2. The Kier molecular flexibility index (Phi) is 4.15. The minimum absolute atomic E-state index is 0.105. The van der Waals surface area contributed by atoms with Crippen molar-refractivity contribution in [2.75, 3.05) is 5.32 Å². The fourth-order valence-electron chi connectivity index (χ4n) is 3.03. The Balaban J connectivity index is 1.83. The van der Waals surface area contributed by atoms with Crippen molar-refractivity contribution in [3.8, 4) is 0 Å². The van der Waals surface area contributed by atoms with Crippen LogP contribution in [0, 0.1) is 0 Å². The maximum Gasteiger partial charge on any atom is 0.258 e. The van der Waals surface area contributed by atoms with E-state index in [0.29, 0.717) is 33.5 Å². The molecule has 0 saturated carbocycles. The molecule has 4 nitrogen and oxygen atoms in total. The third-order valence-electron chi connectivity index (χ3n) is 4.20. The van der Waals surface area contributed by atoms with Crippen molar-refractivity contribution in [3.05, 3.63) is 87.8 Å². The molecule has 126 valence electrons. The van der Waals surface area contributed by atoms with Gasteiger partial charge in [0.25, 0.3) is 5.91 Å². The molecule has 0 spiro atoms. The first-order valence-electron chi connectivity index (χ1n) is 7.78. The SMILES string of the molecule is O=C1c2ccccc2N[C@H](c2c(Cl)cccc2Cl)N1Cc1ccco1. The highest BCUT2D eigenvalue weighted by Crippen LogP contribution is 2.39. The van der Waals surface area contributed by atoms with E-state index in [1.165, 1.54) is 0 Å². The number of fused-ring (bicyclic) bond motifs is 1. The van der Waals surface area contributed by atoms with Gasteiger partial charge in [-0.2, -0.15) is 0 Å². The summed E-state index contributed by atoms with van der Waals surface area (Å²) in [6, 6.07) is 16.3. The molecule has 1 amide bonds. The molecule has 2 aromatic carbocycles. The predicted octanol–water partition coefficient (Wildman–Crippen LogP) is 5.35. The highest BCUT2D eigenvalue weighted by Gasteiger charge is 2.35. The van der Waals surface area contributed by atoms with Crippen molar-refractivity contribution in [3.63, 3.8) is 0 Å². The van der Waals surface area contributed by atoms with E-state index in [1.54, 1.807) is 41.5 Å². The lowest BCUT2D eigenvalue weighted by Gasteiger charge is -2.38. The van der Waals surface area contributed by atoms with E-state index in [-0.39, 0.29) is 5.91 Å². The fraction of sp³-hybridized carbons (Fsp3) is 0.105. The quantitative estimate of drug-likeness (QED) is 0.673. The first-order chi connectivity index (χ1) is 12.1. The van der Waals surface area contributed by atoms with Crippen LogP contribution in [0.1, 0.15) is 27.8 Å². The number of hydrogen-bond acceptors (Lipinski definition) is 3. The Morgan fingerprint density at radius 2 is 1.76 bits per heavy atom. The zero-order chi connectivity index (χ0) is 17.4. The molecule has 1 aliphatic rings. The van der Waals surface area contributed by atoms with Crippen molar-refractivity contribution >= 4 is 34.8 Å². The summed E-state index contributed by atoms with van der Waals surface area (Å²) in [5, 5.41) is 4.39. The van der Waals surface area contributed by atoms with Crippen LogP contribution in [0.3, 0.4) is 0 Å². The van der Waals surface area contributed by atoms with Crippen molar-refractivity contribution in [2.24, 2.45) is 0 Å². The number of benzene rings is 2. The van der Waals surface area contributed by atoms with Crippen LogP contribution in [0.4, 0.5) is 5.69 Å². The molecule has 1 aromatic heterocycles. The Morgan fingerprint density at radius 3 is 2.48 bits per heavy atom. The molecule has 1 aliphatic heterocycles. The van der Waals surface area contributed by atoms with Gasteiger partial charge >= 0.3 is 0 Å². The minimum Gasteiger partial charge on any atom is -0.467 e. The van der Waals surface area contributed by atoms with E-state index < -0.39 is 6.17 Å². The molecule has 1 atom stereocenters. The van der Waals surface area contributed by atoms with Crippen LogP contribution in [0.5, 0.6) is 0 Å². The Bertz CT molecular complexity index is 905. The van der Waals surface area contributed by atoms with E-state index in [4.69, 9.17) is 27.6 Å². The number of rotatable bonds is 3. The second-order valence-electron chi connectivity index (χ2n) is 5.74. The number of nitrogens with zero attached hydrogens (tertiary/aromatic N) is 1. The van der Waals surface area contributed by atoms with Gasteiger partial charge in [0.05, 0.1) is 18.4 Å². The number of anilines is 1. The van der Waals surface area contributed by atoms with Gasteiger partial charge in [0.15, 0.2) is 0 Å². The molecule has 3 aromatic rings. The van der Waals surface area contributed by atoms with E-state index in [0.717, 1.165) is 5.69 Å². The smallest absolute Gasteiger partial charge is 0.258 e. The van der Waals surface area contributed by atoms with E-state index in [2.05, 4.69) is 5.32 Å². The molecule has 0 aliphatic carbocycles. The van der Waals surface area contributed by atoms with Gasteiger partial charge in [0.2, 0.25) is 0 Å². The molecule has 1 N–H and O–H groups in total. The van der Waals surface area contributed by atoms with Gasteiger partial charge < -0.3 is 14.6 Å². The average Bonchev–Trinajstić information content (AvgIpc) is 3.11. The second kappa shape index (κ2) is 6.47. The number of carbonyl (C=O) groups excluding carboxylic acids is 1. The molecule has 0 fully saturated rings. The summed E-state index contributed by atoms with van der Waals surface area (Å²) in [6.07, 6.45) is 1.09. The maximum atomic E-state index is 13.1. The van der Waals surface area contributed by atoms with Crippen LogP contribution in [-0.2, 0) is 6.54 Å². The van der Waals surface area contributed by atoms with Gasteiger partial charge in [-0.15, -0.1) is 0 Å². The number of carbonyl (C=O) groups is 1. The maximum absolute atomic E-state index is 13.1. The van der Waals surface area contributed by atoms with E-state index in [9.17, 15) is 4.79 Å². The first kappa shape index (κ1) is 16.1. The van der Waals surface area contributed by atoms with Gasteiger partial charge in [0, 0.05) is 21.3 Å². The Morgan fingerprint density at radius 1 is 1.00 bits per heavy atom. The van der Waals surface area contributed by atoms with Crippen molar-refractivity contribution in [1.82, 2.24) is 4.90 Å². The molecule has 4 rings (SSSR count). The molecule has 25 heavy (non-hydrogen) atoms. The number of amides is 1. The monoisotopic (exact) mass is 372 g/mol. The summed E-state index contributed by atoms with van der Waals surface area (Å²) in [7, 11) is 0. The molecular formula is C19H14Cl2N2O2. The Labute approximate surface area is 155 Å². The largest absolute Gasteiger partial charge is 0.467 e. The van der Waals surface area contributed by atoms with Crippen LogP contribution in [0.2, 0.25) is 10.0 Å². The van der Waals surface area contributed by atoms with E-state index in [1.807, 2.05) is 24.3 Å². The molecule has 0 bridgehead atoms. The van der Waals surface area contributed by atoms with Crippen LogP contribution >= 0.6 is 23.2 Å². The summed E-state index contributed by atoms with van der Waals surface area (Å²) < 4.78 is 5.43. The number of nitrogens with one attached hydrogen (secondary N) is 1. The minimum atomic E-state index is -0.492. The lowest BCUT2D eigenvalue weighted by Crippen LogP contribution is -2.42. The molecule has 0 unspecified atom stereocenters. The first-order valence-corrected chi connectivity index (χ1v) is 8.53. The fourth-order valence-corrected chi connectivity index (χ4v) is 3.63. The normalized spacial score (nSPS) is 16.5. The summed E-state index contributed by atoms with van der Waals surface area (Å²) in [4.78, 5) is 14.8. The van der Waals surface area contributed by atoms with Crippen molar-refractivity contribution in [2.45, 2.75) is 12.7 Å². The van der Waals surface area contributed by atoms with E-state index >= 15 is 0 Å². The molecular weight excluding hydrogens is 359 g/mol. The topological polar surface area (TPSA) is 45.5 Å². The zero-order valence-electron chi connectivity index (χ0n) is 13.1. The summed E-state index contributed by atoms with van der Waals surface area (Å²) in [6.45, 7) is 0.305. The highest BCUT2D eigenvalue weighted by atomic mass is 35.5. The predicted molar refractivity (Wildman–Crippen MR) is 97.8 cm³/mol. The average molecular weight is 373 g/mol. The third kappa shape index (κ3) is 2.88. The van der Waals surface area contributed by atoms with Gasteiger partial charge in [-0.05, 0) is 36.4 Å². The van der Waals surface area contributed by atoms with Crippen LogP contribution in [-0.4, -0.2) is 10.8 Å². The standard InChI is InChI=1S/C19H14Cl2N2O2/c20-14-7-3-8-15(21)17(14)18-22-16-9-2-1-6-13(16)19(24)23(18)11-12-5-4-10-25-12/h1-10,18,22H,11H2/t18-/m0/s1. The number of para-hydroxylation sites is 1. The van der Waals surface area contributed by atoms with Crippen LogP contribution in [0.15, 0.2) is 65.3 Å². The van der Waals surface area contributed by atoms with Crippen LogP contribution < -0.4 is 5.32 Å². The number of furan rings is 1. The van der Waals surface area contributed by atoms with Gasteiger partial charge in [-0.25, -0.2) is 0 Å². The van der Waals surface area contributed by atoms with Gasteiger partial charge in [0.1, 0.15) is 11.9 Å². The number of hydrogen-bond donors (Lipinski definition) is 1. The third-order valence-corrected chi connectivity index (χ3v) is 4.86. The Hall–Kier alpha value is -2.43. The van der Waals surface area contributed by atoms with Gasteiger partial charge in [-0.1, -0.05) is 41.4 Å². The second-order valence-corrected chi connectivity index (χ2v) is 6.55. The lowest BCUT2D eigenvalue weighted by atomic mass is 10.0. The molecule has 0 radical (unpaired) electrons. The molecule has 6 heteroatoms. The molecule has 0 saturated heterocycles.